The van der Waals surface area contributed by atoms with Gasteiger partial charge < -0.3 is 5.32 Å². The Bertz CT molecular complexity index is 1150. The van der Waals surface area contributed by atoms with Crippen molar-refractivity contribution in [1.29, 1.82) is 0 Å². The number of benzene rings is 2. The van der Waals surface area contributed by atoms with Crippen molar-refractivity contribution in [1.82, 2.24) is 9.55 Å². The van der Waals surface area contributed by atoms with Gasteiger partial charge in [-0.3, -0.25) is 4.57 Å². The highest BCUT2D eigenvalue weighted by atomic mass is 79.9. The van der Waals surface area contributed by atoms with E-state index < -0.39 is 23.8 Å². The molecule has 2 atom stereocenters. The minimum atomic E-state index is -3.15. The Kier molecular flexibility index (Phi) is 4.66. The van der Waals surface area contributed by atoms with Gasteiger partial charge in [-0.05, 0) is 24.3 Å². The van der Waals surface area contributed by atoms with Crippen molar-refractivity contribution in [2.75, 3.05) is 5.32 Å². The topological polar surface area (TPSA) is 46.9 Å². The normalized spacial score (nSPS) is 19.1. The largest absolute Gasteiger partial charge is 0.364 e. The molecule has 28 heavy (non-hydrogen) atoms. The monoisotopic (exact) mass is 471 g/mol. The molecule has 0 bridgehead atoms. The maximum Gasteiger partial charge on any atom is 0.354 e. The summed E-state index contributed by atoms with van der Waals surface area (Å²) in [5.41, 5.74) is -0.467. The number of halogens is 5. The summed E-state index contributed by atoms with van der Waals surface area (Å²) in [5.74, 6) is -2.99. The average Bonchev–Trinajstić information content (AvgIpc) is 3.30. The molecule has 1 aliphatic carbocycles. The second-order valence-corrected chi connectivity index (χ2v) is 8.03. The zero-order chi connectivity index (χ0) is 20.2. The van der Waals surface area contributed by atoms with Crippen LogP contribution in [0.2, 0.25) is 5.02 Å². The van der Waals surface area contributed by atoms with E-state index >= 15 is 0 Å². The third-order valence-corrected chi connectivity index (χ3v) is 5.56. The first-order valence-corrected chi connectivity index (χ1v) is 9.64. The van der Waals surface area contributed by atoms with E-state index in [9.17, 15) is 18.0 Å². The SMILES string of the molecule is CC(F)(F)c1cc2c(cc1Br)c(NC1CC1F)nc(=O)n2-c1ccccc1Cl. The fourth-order valence-corrected chi connectivity index (χ4v) is 3.96. The Morgan fingerprint density at radius 3 is 2.61 bits per heavy atom. The fourth-order valence-electron chi connectivity index (χ4n) is 3.05. The number of aromatic nitrogens is 2. The van der Waals surface area contributed by atoms with Crippen LogP contribution in [-0.2, 0) is 5.92 Å². The van der Waals surface area contributed by atoms with Crippen molar-refractivity contribution in [2.45, 2.75) is 31.5 Å². The van der Waals surface area contributed by atoms with E-state index in [2.05, 4.69) is 26.2 Å². The molecule has 1 fully saturated rings. The Morgan fingerprint density at radius 1 is 1.32 bits per heavy atom. The first kappa shape index (κ1) is 19.3. The molecule has 4 rings (SSSR count). The van der Waals surface area contributed by atoms with Gasteiger partial charge >= 0.3 is 5.69 Å². The van der Waals surface area contributed by atoms with E-state index in [-0.39, 0.29) is 26.4 Å². The summed E-state index contributed by atoms with van der Waals surface area (Å²) in [4.78, 5) is 16.8. The first-order chi connectivity index (χ1) is 13.2. The Morgan fingerprint density at radius 2 is 2.00 bits per heavy atom. The molecule has 0 radical (unpaired) electrons. The zero-order valence-electron chi connectivity index (χ0n) is 14.5. The van der Waals surface area contributed by atoms with Crippen LogP contribution in [-0.4, -0.2) is 21.8 Å². The molecule has 1 N–H and O–H groups in total. The number of hydrogen-bond acceptors (Lipinski definition) is 3. The first-order valence-electron chi connectivity index (χ1n) is 8.47. The van der Waals surface area contributed by atoms with Crippen LogP contribution in [0.15, 0.2) is 45.7 Å². The smallest absolute Gasteiger partial charge is 0.354 e. The fraction of sp³-hybridized carbons (Fsp3) is 0.263. The number of anilines is 1. The standard InChI is InChI=1S/C19H14BrClF3N3O/c1-19(23,24)10-7-16-9(6-11(10)20)17(25-14-8-13(14)22)26-18(28)27(16)15-5-3-2-4-12(15)21/h2-7,13-14H,8H2,1H3,(H,25,26,28). The van der Waals surface area contributed by atoms with E-state index in [1.807, 2.05) is 0 Å². The van der Waals surface area contributed by atoms with E-state index in [1.165, 1.54) is 16.7 Å². The lowest BCUT2D eigenvalue weighted by molar-refractivity contribution is 0.0168. The minimum Gasteiger partial charge on any atom is -0.364 e. The molecule has 1 aliphatic rings. The third kappa shape index (κ3) is 3.39. The maximum absolute atomic E-state index is 14.1. The van der Waals surface area contributed by atoms with Gasteiger partial charge in [0.2, 0.25) is 0 Å². The molecule has 2 unspecified atom stereocenters. The van der Waals surface area contributed by atoms with Crippen molar-refractivity contribution in [3.05, 3.63) is 61.9 Å². The molecule has 1 heterocycles. The van der Waals surface area contributed by atoms with E-state index in [0.29, 0.717) is 17.5 Å². The summed E-state index contributed by atoms with van der Waals surface area (Å²) in [6, 6.07) is 8.81. The highest BCUT2D eigenvalue weighted by Gasteiger charge is 2.38. The molecule has 0 amide bonds. The molecular formula is C19H14BrClF3N3O. The second-order valence-electron chi connectivity index (χ2n) is 6.77. The van der Waals surface area contributed by atoms with Crippen molar-refractivity contribution >= 4 is 44.3 Å². The molecule has 0 saturated heterocycles. The Hall–Kier alpha value is -2.06. The van der Waals surface area contributed by atoms with Gasteiger partial charge in [-0.15, -0.1) is 0 Å². The van der Waals surface area contributed by atoms with Crippen molar-refractivity contribution in [2.24, 2.45) is 0 Å². The molecule has 0 aliphatic heterocycles. The van der Waals surface area contributed by atoms with Crippen LogP contribution < -0.4 is 11.0 Å². The molecule has 0 spiro atoms. The van der Waals surface area contributed by atoms with Crippen molar-refractivity contribution in [3.63, 3.8) is 0 Å². The third-order valence-electron chi connectivity index (χ3n) is 4.58. The van der Waals surface area contributed by atoms with Gasteiger partial charge in [0.25, 0.3) is 5.92 Å². The number of hydrogen-bond donors (Lipinski definition) is 1. The lowest BCUT2D eigenvalue weighted by Gasteiger charge is -2.19. The second kappa shape index (κ2) is 6.77. The van der Waals surface area contributed by atoms with Crippen LogP contribution in [0.3, 0.4) is 0 Å². The maximum atomic E-state index is 14.1. The van der Waals surface area contributed by atoms with Gasteiger partial charge in [0.1, 0.15) is 12.0 Å². The molecule has 9 heteroatoms. The van der Waals surface area contributed by atoms with Crippen LogP contribution in [0.25, 0.3) is 16.6 Å². The molecule has 1 aromatic heterocycles. The number of fused-ring (bicyclic) bond motifs is 1. The van der Waals surface area contributed by atoms with Gasteiger partial charge in [-0.1, -0.05) is 39.7 Å². The summed E-state index contributed by atoms with van der Waals surface area (Å²) in [7, 11) is 0. The van der Waals surface area contributed by atoms with Crippen LogP contribution in [0.1, 0.15) is 18.9 Å². The van der Waals surface area contributed by atoms with Crippen molar-refractivity contribution < 1.29 is 13.2 Å². The lowest BCUT2D eigenvalue weighted by Crippen LogP contribution is -2.25. The van der Waals surface area contributed by atoms with Crippen LogP contribution in [0, 0.1) is 0 Å². The Labute approximate surface area is 171 Å². The predicted octanol–water partition coefficient (Wildman–Crippen LogP) is 5.44. The van der Waals surface area contributed by atoms with Crippen LogP contribution in [0.4, 0.5) is 19.0 Å². The molecule has 3 aromatic rings. The number of nitrogens with one attached hydrogen (secondary N) is 1. The lowest BCUT2D eigenvalue weighted by atomic mass is 10.1. The van der Waals surface area contributed by atoms with Gasteiger partial charge in [0.15, 0.2) is 0 Å². The molecule has 146 valence electrons. The van der Waals surface area contributed by atoms with E-state index in [0.717, 1.165) is 6.92 Å². The molecule has 2 aromatic carbocycles. The zero-order valence-corrected chi connectivity index (χ0v) is 16.9. The average molecular weight is 473 g/mol. The summed E-state index contributed by atoms with van der Waals surface area (Å²) in [5, 5.41) is 3.56. The summed E-state index contributed by atoms with van der Waals surface area (Å²) in [6.07, 6.45) is -0.714. The van der Waals surface area contributed by atoms with Crippen molar-refractivity contribution in [3.8, 4) is 5.69 Å². The number of para-hydroxylation sites is 1. The van der Waals surface area contributed by atoms with Gasteiger partial charge in [0, 0.05) is 28.8 Å². The molecule has 4 nitrogen and oxygen atoms in total. The Balaban J connectivity index is 2.06. The number of alkyl halides is 3. The summed E-state index contributed by atoms with van der Waals surface area (Å²) < 4.78 is 42.9. The summed E-state index contributed by atoms with van der Waals surface area (Å²) >= 11 is 9.41. The number of nitrogens with zero attached hydrogens (tertiary/aromatic N) is 2. The minimum absolute atomic E-state index is 0.153. The predicted molar refractivity (Wildman–Crippen MR) is 107 cm³/mol. The van der Waals surface area contributed by atoms with Gasteiger partial charge in [0.05, 0.1) is 22.3 Å². The van der Waals surface area contributed by atoms with E-state index in [4.69, 9.17) is 11.6 Å². The van der Waals surface area contributed by atoms with Gasteiger partial charge in [-0.2, -0.15) is 4.98 Å². The molecular weight excluding hydrogens is 459 g/mol. The highest BCUT2D eigenvalue weighted by Crippen LogP contribution is 2.39. The number of rotatable bonds is 4. The summed E-state index contributed by atoms with van der Waals surface area (Å²) in [6.45, 7) is 0.773. The van der Waals surface area contributed by atoms with Crippen LogP contribution in [0.5, 0.6) is 0 Å². The highest BCUT2D eigenvalue weighted by molar-refractivity contribution is 9.10. The van der Waals surface area contributed by atoms with E-state index in [1.54, 1.807) is 24.3 Å². The molecule has 1 saturated carbocycles. The van der Waals surface area contributed by atoms with Gasteiger partial charge in [-0.25, -0.2) is 18.0 Å². The van der Waals surface area contributed by atoms with Crippen LogP contribution >= 0.6 is 27.5 Å². The quantitative estimate of drug-likeness (QED) is 0.550.